The van der Waals surface area contributed by atoms with Gasteiger partial charge in [0, 0.05) is 4.91 Å². The van der Waals surface area contributed by atoms with Crippen LogP contribution in [0.5, 0.6) is 11.5 Å². The summed E-state index contributed by atoms with van der Waals surface area (Å²) in [6, 6.07) is 14.3. The fourth-order valence-electron chi connectivity index (χ4n) is 2.85. The van der Waals surface area contributed by atoms with Crippen LogP contribution in [-0.2, 0) is 6.54 Å². The molecule has 1 aromatic heterocycles. The first-order valence-electron chi connectivity index (χ1n) is 7.10. The number of thioether (sulfide) groups is 1. The quantitative estimate of drug-likeness (QED) is 0.683. The largest absolute Gasteiger partial charge is 0.454 e. The van der Waals surface area contributed by atoms with Crippen LogP contribution in [0.3, 0.4) is 0 Å². The summed E-state index contributed by atoms with van der Waals surface area (Å²) in [5.74, 6) is 1.64. The number of aromatic nitrogens is 2. The number of hydrogen-bond acceptors (Lipinski definition) is 4. The molecule has 0 unspecified atom stereocenters. The highest BCUT2D eigenvalue weighted by atomic mass is 32.2. The molecule has 0 amide bonds. The number of nitrogens with zero attached hydrogens (tertiary/aromatic N) is 2. The van der Waals surface area contributed by atoms with Crippen molar-refractivity contribution in [3.63, 3.8) is 0 Å². The molecule has 0 radical (unpaired) electrons. The Morgan fingerprint density at radius 2 is 2.00 bits per heavy atom. The molecule has 0 saturated heterocycles. The molecule has 3 heterocycles. The average molecular weight is 308 g/mol. The molecule has 2 aliphatic heterocycles. The predicted octanol–water partition coefficient (Wildman–Crippen LogP) is 3.91. The van der Waals surface area contributed by atoms with E-state index >= 15 is 0 Å². The van der Waals surface area contributed by atoms with Gasteiger partial charge in [-0.25, -0.2) is 4.98 Å². The second kappa shape index (κ2) is 4.55. The molecule has 2 aliphatic rings. The first-order valence-corrected chi connectivity index (χ1v) is 7.92. The highest BCUT2D eigenvalue weighted by Crippen LogP contribution is 2.39. The maximum absolute atomic E-state index is 5.43. The van der Waals surface area contributed by atoms with Crippen molar-refractivity contribution in [1.29, 1.82) is 0 Å². The fourth-order valence-corrected chi connectivity index (χ4v) is 3.89. The van der Waals surface area contributed by atoms with Gasteiger partial charge >= 0.3 is 0 Å². The topological polar surface area (TPSA) is 36.3 Å². The number of para-hydroxylation sites is 2. The SMILES string of the molecule is C(=C1Cn2c(nc3ccccc32)S1)c1ccc2c(c1)OCO2. The van der Waals surface area contributed by atoms with Crippen molar-refractivity contribution >= 4 is 28.9 Å². The molecule has 0 fully saturated rings. The number of fused-ring (bicyclic) bond motifs is 4. The third-order valence-electron chi connectivity index (χ3n) is 3.88. The summed E-state index contributed by atoms with van der Waals surface area (Å²) in [7, 11) is 0. The zero-order valence-electron chi connectivity index (χ0n) is 11.7. The monoisotopic (exact) mass is 308 g/mol. The van der Waals surface area contributed by atoms with Gasteiger partial charge in [-0.05, 0) is 35.9 Å². The Morgan fingerprint density at radius 1 is 1.09 bits per heavy atom. The number of rotatable bonds is 1. The van der Waals surface area contributed by atoms with Crippen LogP contribution in [0.25, 0.3) is 17.1 Å². The molecular weight excluding hydrogens is 296 g/mol. The first kappa shape index (κ1) is 12.2. The predicted molar refractivity (Wildman–Crippen MR) is 86.1 cm³/mol. The van der Waals surface area contributed by atoms with Crippen LogP contribution in [0.1, 0.15) is 5.56 Å². The van der Waals surface area contributed by atoms with E-state index in [-0.39, 0.29) is 0 Å². The number of ether oxygens (including phenoxy) is 2. The van der Waals surface area contributed by atoms with Crippen molar-refractivity contribution in [2.75, 3.05) is 6.79 Å². The van der Waals surface area contributed by atoms with Gasteiger partial charge < -0.3 is 14.0 Å². The minimum atomic E-state index is 0.311. The van der Waals surface area contributed by atoms with Gasteiger partial charge in [0.05, 0.1) is 17.6 Å². The van der Waals surface area contributed by atoms with E-state index in [9.17, 15) is 0 Å². The van der Waals surface area contributed by atoms with Crippen LogP contribution in [0, 0.1) is 0 Å². The normalized spacial score (nSPS) is 17.4. The summed E-state index contributed by atoms with van der Waals surface area (Å²) in [6.45, 7) is 1.18. The molecule has 0 bridgehead atoms. The van der Waals surface area contributed by atoms with Crippen molar-refractivity contribution < 1.29 is 9.47 Å². The van der Waals surface area contributed by atoms with Crippen LogP contribution in [0.2, 0.25) is 0 Å². The summed E-state index contributed by atoms with van der Waals surface area (Å²) in [4.78, 5) is 5.97. The summed E-state index contributed by atoms with van der Waals surface area (Å²) >= 11 is 1.73. The lowest BCUT2D eigenvalue weighted by Crippen LogP contribution is -1.92. The summed E-state index contributed by atoms with van der Waals surface area (Å²) in [5, 5.41) is 1.06. The van der Waals surface area contributed by atoms with Crippen LogP contribution in [0.15, 0.2) is 52.5 Å². The van der Waals surface area contributed by atoms with Crippen LogP contribution < -0.4 is 9.47 Å². The molecule has 108 valence electrons. The molecule has 0 N–H and O–H groups in total. The molecule has 3 aromatic rings. The number of hydrogen-bond donors (Lipinski definition) is 0. The third-order valence-corrected chi connectivity index (χ3v) is 4.88. The Hall–Kier alpha value is -2.40. The van der Waals surface area contributed by atoms with Gasteiger partial charge in [-0.1, -0.05) is 30.0 Å². The van der Waals surface area contributed by atoms with Crippen LogP contribution in [-0.4, -0.2) is 16.3 Å². The van der Waals surface area contributed by atoms with E-state index in [0.29, 0.717) is 6.79 Å². The van der Waals surface area contributed by atoms with Gasteiger partial charge in [0.1, 0.15) is 0 Å². The maximum Gasteiger partial charge on any atom is 0.231 e. The van der Waals surface area contributed by atoms with Crippen LogP contribution in [0.4, 0.5) is 0 Å². The first-order chi connectivity index (χ1) is 10.9. The molecule has 0 aliphatic carbocycles. The molecule has 5 heteroatoms. The van der Waals surface area contributed by atoms with Crippen molar-refractivity contribution in [1.82, 2.24) is 9.55 Å². The highest BCUT2D eigenvalue weighted by molar-refractivity contribution is 8.03. The molecule has 2 aromatic carbocycles. The van der Waals surface area contributed by atoms with E-state index in [1.165, 1.54) is 10.4 Å². The zero-order chi connectivity index (χ0) is 14.5. The van der Waals surface area contributed by atoms with Gasteiger partial charge in [-0.3, -0.25) is 0 Å². The molecule has 22 heavy (non-hydrogen) atoms. The minimum absolute atomic E-state index is 0.311. The van der Waals surface area contributed by atoms with Crippen LogP contribution >= 0.6 is 11.8 Å². The van der Waals surface area contributed by atoms with Crippen molar-refractivity contribution in [2.24, 2.45) is 0 Å². The van der Waals surface area contributed by atoms with Crippen molar-refractivity contribution in [2.45, 2.75) is 11.7 Å². The van der Waals surface area contributed by atoms with E-state index in [1.54, 1.807) is 11.8 Å². The second-order valence-corrected chi connectivity index (χ2v) is 6.39. The Labute approximate surface area is 131 Å². The smallest absolute Gasteiger partial charge is 0.231 e. The maximum atomic E-state index is 5.43. The highest BCUT2D eigenvalue weighted by Gasteiger charge is 2.21. The van der Waals surface area contributed by atoms with Gasteiger partial charge in [0.15, 0.2) is 16.7 Å². The lowest BCUT2D eigenvalue weighted by Gasteiger charge is -2.01. The summed E-state index contributed by atoms with van der Waals surface area (Å²) < 4.78 is 13.0. The van der Waals surface area contributed by atoms with E-state index in [4.69, 9.17) is 9.47 Å². The van der Waals surface area contributed by atoms with Gasteiger partial charge in [-0.15, -0.1) is 0 Å². The summed E-state index contributed by atoms with van der Waals surface area (Å²) in [6.07, 6.45) is 2.19. The van der Waals surface area contributed by atoms with Crippen molar-refractivity contribution in [3.05, 3.63) is 52.9 Å². The number of benzene rings is 2. The average Bonchev–Trinajstić information content (AvgIpc) is 3.20. The Bertz CT molecular complexity index is 930. The van der Waals surface area contributed by atoms with E-state index < -0.39 is 0 Å². The third kappa shape index (κ3) is 1.82. The van der Waals surface area contributed by atoms with Gasteiger partial charge in [0.2, 0.25) is 6.79 Å². The molecule has 0 spiro atoms. The Morgan fingerprint density at radius 3 is 3.00 bits per heavy atom. The minimum Gasteiger partial charge on any atom is -0.454 e. The van der Waals surface area contributed by atoms with Gasteiger partial charge in [0.25, 0.3) is 0 Å². The Kier molecular flexibility index (Phi) is 2.52. The summed E-state index contributed by atoms with van der Waals surface area (Å²) in [5.41, 5.74) is 3.38. The lowest BCUT2D eigenvalue weighted by molar-refractivity contribution is 0.174. The molecule has 0 atom stereocenters. The lowest BCUT2D eigenvalue weighted by atomic mass is 10.2. The second-order valence-electron chi connectivity index (χ2n) is 5.29. The molecule has 0 saturated carbocycles. The standard InChI is InChI=1S/C17H12N2O2S/c1-2-4-14-13(3-1)18-17-19(14)9-12(22-17)7-11-5-6-15-16(8-11)21-10-20-15/h1-8H,9-10H2. The van der Waals surface area contributed by atoms with Gasteiger partial charge in [-0.2, -0.15) is 0 Å². The molecular formula is C17H12N2O2S. The van der Waals surface area contributed by atoms with Crippen molar-refractivity contribution in [3.8, 4) is 11.5 Å². The zero-order valence-corrected chi connectivity index (χ0v) is 12.5. The fraction of sp³-hybridized carbons (Fsp3) is 0.118. The Balaban J connectivity index is 1.50. The van der Waals surface area contributed by atoms with E-state index in [0.717, 1.165) is 34.3 Å². The number of imidazole rings is 1. The molecule has 5 rings (SSSR count). The van der Waals surface area contributed by atoms with E-state index in [1.807, 2.05) is 18.2 Å². The van der Waals surface area contributed by atoms with E-state index in [2.05, 4.69) is 39.9 Å². The molecule has 4 nitrogen and oxygen atoms in total. The number of allylic oxidation sites excluding steroid dienone is 1.